The van der Waals surface area contributed by atoms with E-state index in [-0.39, 0.29) is 17.8 Å². The van der Waals surface area contributed by atoms with Crippen molar-refractivity contribution in [2.45, 2.75) is 51.6 Å². The molecule has 2 atom stereocenters. The molecule has 1 aliphatic carbocycles. The molecule has 2 aliphatic rings. The molecule has 0 bridgehead atoms. The van der Waals surface area contributed by atoms with Crippen molar-refractivity contribution >= 4 is 27.7 Å². The Hall–Kier alpha value is -2.86. The first-order valence-corrected chi connectivity index (χ1v) is 11.9. The zero-order valence-electron chi connectivity index (χ0n) is 19.3. The summed E-state index contributed by atoms with van der Waals surface area (Å²) < 4.78 is 11.7. The number of methoxy groups -OCH3 is 1. The van der Waals surface area contributed by atoms with Crippen LogP contribution in [-0.4, -0.2) is 25.0 Å². The number of halogens is 1. The standard InChI is InChI=1S/C27H28BrNO4/c1-15(2)33-27(31)24-16(3)29-21-13-19(17-8-6-5-7-9-17)14-22(30)26(21)25(24)18-10-11-23(32-4)20(28)12-18/h5-12,15,19,25,29H,13-14H2,1-4H3/t19-,25+/m1/s1. The summed E-state index contributed by atoms with van der Waals surface area (Å²) in [6.07, 6.45) is 0.855. The number of carbonyl (C=O) groups excluding carboxylic acids is 2. The molecule has 0 fully saturated rings. The maximum absolute atomic E-state index is 13.6. The second-order valence-electron chi connectivity index (χ2n) is 8.78. The number of benzene rings is 2. The monoisotopic (exact) mass is 509 g/mol. The maximum atomic E-state index is 13.6. The van der Waals surface area contributed by atoms with E-state index in [1.807, 2.05) is 57.2 Å². The van der Waals surface area contributed by atoms with Crippen molar-refractivity contribution in [1.29, 1.82) is 0 Å². The van der Waals surface area contributed by atoms with Gasteiger partial charge in [-0.1, -0.05) is 36.4 Å². The topological polar surface area (TPSA) is 64.6 Å². The molecule has 5 nitrogen and oxygen atoms in total. The Kier molecular flexibility index (Phi) is 6.75. The van der Waals surface area contributed by atoms with Crippen LogP contribution in [0.4, 0.5) is 0 Å². The minimum Gasteiger partial charge on any atom is -0.496 e. The summed E-state index contributed by atoms with van der Waals surface area (Å²) in [4.78, 5) is 26.8. The first kappa shape index (κ1) is 23.3. The molecule has 0 saturated heterocycles. The van der Waals surface area contributed by atoms with Crippen molar-refractivity contribution < 1.29 is 19.1 Å². The van der Waals surface area contributed by atoms with Crippen LogP contribution >= 0.6 is 15.9 Å². The predicted octanol–water partition coefficient (Wildman–Crippen LogP) is 5.77. The summed E-state index contributed by atoms with van der Waals surface area (Å²) in [6.45, 7) is 5.52. The van der Waals surface area contributed by atoms with Crippen LogP contribution in [-0.2, 0) is 14.3 Å². The largest absolute Gasteiger partial charge is 0.496 e. The lowest BCUT2D eigenvalue weighted by molar-refractivity contribution is -0.143. The Labute approximate surface area is 203 Å². The molecule has 2 aromatic carbocycles. The lowest BCUT2D eigenvalue weighted by Gasteiger charge is -2.37. The van der Waals surface area contributed by atoms with Gasteiger partial charge >= 0.3 is 5.97 Å². The fourth-order valence-corrected chi connectivity index (χ4v) is 5.30. The highest BCUT2D eigenvalue weighted by Crippen LogP contribution is 2.46. The Morgan fingerprint density at radius 2 is 1.82 bits per heavy atom. The summed E-state index contributed by atoms with van der Waals surface area (Å²) in [5, 5.41) is 3.39. The average Bonchev–Trinajstić information content (AvgIpc) is 2.78. The van der Waals surface area contributed by atoms with Crippen LogP contribution < -0.4 is 10.1 Å². The molecule has 1 aliphatic heterocycles. The van der Waals surface area contributed by atoms with Gasteiger partial charge < -0.3 is 14.8 Å². The van der Waals surface area contributed by atoms with Gasteiger partial charge in [0.25, 0.3) is 0 Å². The average molecular weight is 510 g/mol. The normalized spacial score (nSPS) is 20.5. The van der Waals surface area contributed by atoms with E-state index in [9.17, 15) is 9.59 Å². The van der Waals surface area contributed by atoms with Crippen molar-refractivity contribution in [2.75, 3.05) is 7.11 Å². The number of Topliss-reactive ketones (excluding diaryl/α,β-unsaturated/α-hetero) is 1. The highest BCUT2D eigenvalue weighted by Gasteiger charge is 2.41. The number of rotatable bonds is 5. The van der Waals surface area contributed by atoms with Gasteiger partial charge in [0.15, 0.2) is 5.78 Å². The number of allylic oxidation sites excluding steroid dienone is 3. The molecule has 1 N–H and O–H groups in total. The van der Waals surface area contributed by atoms with Gasteiger partial charge in [-0.05, 0) is 72.3 Å². The Morgan fingerprint density at radius 3 is 2.45 bits per heavy atom. The van der Waals surface area contributed by atoms with E-state index >= 15 is 0 Å². The molecular weight excluding hydrogens is 482 g/mol. The zero-order chi connectivity index (χ0) is 23.7. The van der Waals surface area contributed by atoms with E-state index in [4.69, 9.17) is 9.47 Å². The van der Waals surface area contributed by atoms with Gasteiger partial charge in [0.05, 0.1) is 23.3 Å². The van der Waals surface area contributed by atoms with Gasteiger partial charge in [-0.15, -0.1) is 0 Å². The maximum Gasteiger partial charge on any atom is 0.337 e. The molecule has 6 heteroatoms. The minimum absolute atomic E-state index is 0.0527. The molecule has 172 valence electrons. The van der Waals surface area contributed by atoms with E-state index in [1.54, 1.807) is 7.11 Å². The second-order valence-corrected chi connectivity index (χ2v) is 9.63. The van der Waals surface area contributed by atoms with Gasteiger partial charge in [0.1, 0.15) is 5.75 Å². The summed E-state index contributed by atoms with van der Waals surface area (Å²) >= 11 is 3.56. The third kappa shape index (κ3) is 4.62. The Balaban J connectivity index is 1.82. The Bertz CT molecular complexity index is 1150. The number of esters is 1. The molecule has 0 saturated carbocycles. The van der Waals surface area contributed by atoms with Crippen molar-refractivity contribution in [2.24, 2.45) is 0 Å². The fourth-order valence-electron chi connectivity index (χ4n) is 4.74. The third-order valence-electron chi connectivity index (χ3n) is 6.17. The molecule has 0 radical (unpaired) electrons. The number of nitrogens with one attached hydrogen (secondary N) is 1. The van der Waals surface area contributed by atoms with Crippen LogP contribution in [0, 0.1) is 0 Å². The summed E-state index contributed by atoms with van der Waals surface area (Å²) in [7, 11) is 1.61. The van der Waals surface area contributed by atoms with Crippen molar-refractivity contribution in [3.63, 3.8) is 0 Å². The fraction of sp³-hybridized carbons (Fsp3) is 0.333. The van der Waals surface area contributed by atoms with E-state index in [0.29, 0.717) is 29.7 Å². The molecule has 0 spiro atoms. The number of dihydropyridines is 1. The smallest absolute Gasteiger partial charge is 0.337 e. The highest BCUT2D eigenvalue weighted by molar-refractivity contribution is 9.10. The van der Waals surface area contributed by atoms with Crippen LogP contribution in [0.5, 0.6) is 5.75 Å². The van der Waals surface area contributed by atoms with Gasteiger partial charge in [0, 0.05) is 29.3 Å². The van der Waals surface area contributed by atoms with Gasteiger partial charge in [-0.3, -0.25) is 4.79 Å². The molecule has 1 heterocycles. The number of hydrogen-bond donors (Lipinski definition) is 1. The van der Waals surface area contributed by atoms with Crippen molar-refractivity contribution in [1.82, 2.24) is 5.32 Å². The highest BCUT2D eigenvalue weighted by atomic mass is 79.9. The van der Waals surface area contributed by atoms with Crippen LogP contribution in [0.3, 0.4) is 0 Å². The van der Waals surface area contributed by atoms with Crippen molar-refractivity contribution in [3.05, 3.63) is 86.7 Å². The first-order chi connectivity index (χ1) is 15.8. The third-order valence-corrected chi connectivity index (χ3v) is 6.79. The molecule has 0 aromatic heterocycles. The number of ether oxygens (including phenoxy) is 2. The van der Waals surface area contributed by atoms with Crippen LogP contribution in [0.2, 0.25) is 0 Å². The molecule has 33 heavy (non-hydrogen) atoms. The molecular formula is C27H28BrNO4. The molecule has 0 amide bonds. The van der Waals surface area contributed by atoms with E-state index in [1.165, 1.54) is 0 Å². The van der Waals surface area contributed by atoms with Gasteiger partial charge in [0.2, 0.25) is 0 Å². The van der Waals surface area contributed by atoms with Crippen LogP contribution in [0.1, 0.15) is 56.6 Å². The lowest BCUT2D eigenvalue weighted by atomic mass is 9.71. The molecule has 4 rings (SSSR count). The molecule has 0 unspecified atom stereocenters. The first-order valence-electron chi connectivity index (χ1n) is 11.1. The van der Waals surface area contributed by atoms with Gasteiger partial charge in [-0.2, -0.15) is 0 Å². The minimum atomic E-state index is -0.501. The van der Waals surface area contributed by atoms with E-state index in [2.05, 4.69) is 33.4 Å². The van der Waals surface area contributed by atoms with Crippen LogP contribution in [0.15, 0.2) is 75.5 Å². The molecule has 2 aromatic rings. The summed E-state index contributed by atoms with van der Waals surface area (Å²) in [6, 6.07) is 15.8. The summed E-state index contributed by atoms with van der Waals surface area (Å²) in [5.41, 5.74) is 4.73. The van der Waals surface area contributed by atoms with Gasteiger partial charge in [-0.25, -0.2) is 4.79 Å². The summed E-state index contributed by atoms with van der Waals surface area (Å²) in [5.74, 6) is -0.0644. The number of hydrogen-bond acceptors (Lipinski definition) is 5. The lowest BCUT2D eigenvalue weighted by Crippen LogP contribution is -2.36. The van der Waals surface area contributed by atoms with Crippen LogP contribution in [0.25, 0.3) is 0 Å². The predicted molar refractivity (Wildman–Crippen MR) is 131 cm³/mol. The van der Waals surface area contributed by atoms with E-state index < -0.39 is 11.9 Å². The SMILES string of the molecule is COc1ccc([C@H]2C(C(=O)OC(C)C)=C(C)NC3=C2C(=O)C[C@H](c2ccccc2)C3)cc1Br. The van der Waals surface area contributed by atoms with E-state index in [0.717, 1.165) is 27.0 Å². The quantitative estimate of drug-likeness (QED) is 0.518. The Morgan fingerprint density at radius 1 is 1.09 bits per heavy atom. The number of ketones is 1. The van der Waals surface area contributed by atoms with Crippen molar-refractivity contribution in [3.8, 4) is 5.75 Å². The zero-order valence-corrected chi connectivity index (χ0v) is 20.9. The number of carbonyl (C=O) groups is 2. The second kappa shape index (κ2) is 9.56.